The van der Waals surface area contributed by atoms with E-state index in [1.807, 2.05) is 6.07 Å². The summed E-state index contributed by atoms with van der Waals surface area (Å²) in [6, 6.07) is 16.2. The molecule has 0 aliphatic carbocycles. The summed E-state index contributed by atoms with van der Waals surface area (Å²) in [6.45, 7) is 0.925. The Labute approximate surface area is 196 Å². The van der Waals surface area contributed by atoms with E-state index in [2.05, 4.69) is 16.5 Å². The summed E-state index contributed by atoms with van der Waals surface area (Å²) in [5, 5.41) is 16.8. The molecule has 2 aromatic carbocycles. The van der Waals surface area contributed by atoms with Crippen LogP contribution in [0.4, 0.5) is 10.2 Å². The first-order chi connectivity index (χ1) is 16.5. The zero-order chi connectivity index (χ0) is 24.1. The Morgan fingerprint density at radius 2 is 1.91 bits per heavy atom. The number of nitrogens with zero attached hydrogens (tertiary/aromatic N) is 4. The molecular weight excluding hydrogens is 435 g/mol. The van der Waals surface area contributed by atoms with Crippen LogP contribution in [0.2, 0.25) is 0 Å². The number of benzene rings is 2. The Bertz CT molecular complexity index is 1220. The van der Waals surface area contributed by atoms with Gasteiger partial charge < -0.3 is 16.0 Å². The molecular formula is C25H25FN6O2. The van der Waals surface area contributed by atoms with Gasteiger partial charge in [-0.25, -0.2) is 9.07 Å². The van der Waals surface area contributed by atoms with E-state index in [4.69, 9.17) is 5.73 Å². The number of hydrogen-bond donors (Lipinski definition) is 2. The lowest BCUT2D eigenvalue weighted by Gasteiger charge is -2.24. The number of anilines is 1. The van der Waals surface area contributed by atoms with Gasteiger partial charge in [-0.05, 0) is 62.1 Å². The molecule has 0 spiro atoms. The van der Waals surface area contributed by atoms with Crippen molar-refractivity contribution in [3.63, 3.8) is 0 Å². The van der Waals surface area contributed by atoms with Crippen LogP contribution in [0.1, 0.15) is 40.9 Å². The fourth-order valence-electron chi connectivity index (χ4n) is 4.17. The number of carbonyl (C=O) groups excluding carboxylic acids is 2. The Balaban J connectivity index is 1.35. The summed E-state index contributed by atoms with van der Waals surface area (Å²) in [7, 11) is 0. The van der Waals surface area contributed by atoms with Crippen molar-refractivity contribution in [1.82, 2.24) is 20.0 Å². The molecule has 1 saturated heterocycles. The van der Waals surface area contributed by atoms with E-state index < -0.39 is 6.04 Å². The van der Waals surface area contributed by atoms with Crippen LogP contribution in [0.5, 0.6) is 0 Å². The summed E-state index contributed by atoms with van der Waals surface area (Å²) >= 11 is 0. The highest BCUT2D eigenvalue weighted by Crippen LogP contribution is 2.22. The largest absolute Gasteiger partial charge is 0.382 e. The number of aryl methyl sites for hydroxylation is 1. The third-order valence-corrected chi connectivity index (χ3v) is 5.90. The normalized spacial score (nSPS) is 15.2. The van der Waals surface area contributed by atoms with Crippen molar-refractivity contribution in [3.05, 3.63) is 77.2 Å². The second-order valence-electron chi connectivity index (χ2n) is 8.12. The molecule has 174 valence electrons. The minimum absolute atomic E-state index is 0.140. The predicted molar refractivity (Wildman–Crippen MR) is 124 cm³/mol. The van der Waals surface area contributed by atoms with Gasteiger partial charge in [0.1, 0.15) is 29.3 Å². The topological polar surface area (TPSA) is 117 Å². The first kappa shape index (κ1) is 23.0. The van der Waals surface area contributed by atoms with Crippen LogP contribution in [0.3, 0.4) is 0 Å². The van der Waals surface area contributed by atoms with E-state index in [0.29, 0.717) is 49.3 Å². The van der Waals surface area contributed by atoms with Gasteiger partial charge in [0.05, 0.1) is 11.4 Å². The number of halogens is 1. The van der Waals surface area contributed by atoms with Crippen molar-refractivity contribution in [2.75, 3.05) is 18.8 Å². The summed E-state index contributed by atoms with van der Waals surface area (Å²) in [5.74, 6) is -0.510. The lowest BCUT2D eigenvalue weighted by atomic mass is 10.1. The Morgan fingerprint density at radius 3 is 2.62 bits per heavy atom. The highest BCUT2D eigenvalue weighted by atomic mass is 19.1. The minimum Gasteiger partial charge on any atom is -0.382 e. The monoisotopic (exact) mass is 460 g/mol. The molecule has 2 amide bonds. The Hall–Kier alpha value is -4.19. The molecule has 8 nitrogen and oxygen atoms in total. The van der Waals surface area contributed by atoms with Crippen LogP contribution in [-0.4, -0.2) is 45.6 Å². The molecule has 1 aliphatic rings. The number of aromatic nitrogens is 2. The van der Waals surface area contributed by atoms with Gasteiger partial charge >= 0.3 is 0 Å². The first-order valence-electron chi connectivity index (χ1n) is 11.2. The number of amides is 2. The van der Waals surface area contributed by atoms with Gasteiger partial charge in [0.25, 0.3) is 5.91 Å². The standard InChI is InChI=1S/C25H25FN6O2/c26-18-10-12-19(13-11-18)32-23(28)20(16-27)21(30-32)8-4-14-29-24(33)22-9-5-15-31(22)25(34)17-6-2-1-3-7-17/h1-3,6-7,10-13,22H,4-5,8-9,14-15,28H2,(H,29,33). The number of nitrogens with one attached hydrogen (secondary N) is 1. The number of nitrogen functional groups attached to an aromatic ring is 1. The zero-order valence-corrected chi connectivity index (χ0v) is 18.6. The van der Waals surface area contributed by atoms with Crippen molar-refractivity contribution in [2.24, 2.45) is 0 Å². The van der Waals surface area contributed by atoms with Crippen molar-refractivity contribution < 1.29 is 14.0 Å². The van der Waals surface area contributed by atoms with Crippen LogP contribution in [0.15, 0.2) is 54.6 Å². The second-order valence-corrected chi connectivity index (χ2v) is 8.12. The van der Waals surface area contributed by atoms with E-state index in [1.165, 1.54) is 28.9 Å². The number of likely N-dealkylation sites (tertiary alicyclic amines) is 1. The molecule has 1 atom stereocenters. The van der Waals surface area contributed by atoms with Gasteiger partial charge in [-0.3, -0.25) is 9.59 Å². The van der Waals surface area contributed by atoms with Gasteiger partial charge in [0.15, 0.2) is 0 Å². The highest BCUT2D eigenvalue weighted by molar-refractivity contribution is 5.97. The number of nitriles is 1. The molecule has 0 saturated carbocycles. The van der Waals surface area contributed by atoms with Crippen LogP contribution in [0, 0.1) is 17.1 Å². The van der Waals surface area contributed by atoms with E-state index in [9.17, 15) is 19.2 Å². The molecule has 0 radical (unpaired) electrons. The van der Waals surface area contributed by atoms with E-state index in [0.717, 1.165) is 6.42 Å². The molecule has 1 aromatic heterocycles. The molecule has 2 heterocycles. The van der Waals surface area contributed by atoms with E-state index in [1.54, 1.807) is 29.2 Å². The third-order valence-electron chi connectivity index (χ3n) is 5.90. The summed E-state index contributed by atoms with van der Waals surface area (Å²) < 4.78 is 14.6. The molecule has 3 N–H and O–H groups in total. The van der Waals surface area contributed by atoms with Gasteiger partial charge in [0, 0.05) is 18.7 Å². The van der Waals surface area contributed by atoms with Crippen molar-refractivity contribution >= 4 is 17.6 Å². The average molecular weight is 461 g/mol. The maximum Gasteiger partial charge on any atom is 0.254 e. The lowest BCUT2D eigenvalue weighted by molar-refractivity contribution is -0.124. The van der Waals surface area contributed by atoms with Crippen LogP contribution in [-0.2, 0) is 11.2 Å². The van der Waals surface area contributed by atoms with Crippen LogP contribution < -0.4 is 11.1 Å². The quantitative estimate of drug-likeness (QED) is 0.526. The maximum atomic E-state index is 13.2. The predicted octanol–water partition coefficient (Wildman–Crippen LogP) is 2.82. The first-order valence-corrected chi connectivity index (χ1v) is 11.2. The average Bonchev–Trinajstić information content (AvgIpc) is 3.47. The minimum atomic E-state index is -0.490. The van der Waals surface area contributed by atoms with Crippen molar-refractivity contribution in [2.45, 2.75) is 31.7 Å². The van der Waals surface area contributed by atoms with E-state index in [-0.39, 0.29) is 29.0 Å². The molecule has 1 aliphatic heterocycles. The smallest absolute Gasteiger partial charge is 0.254 e. The molecule has 1 unspecified atom stereocenters. The zero-order valence-electron chi connectivity index (χ0n) is 18.6. The third kappa shape index (κ3) is 4.76. The fraction of sp³-hybridized carbons (Fsp3) is 0.280. The molecule has 1 fully saturated rings. The summed E-state index contributed by atoms with van der Waals surface area (Å²) in [5.41, 5.74) is 8.00. The number of carbonyl (C=O) groups is 2. The van der Waals surface area contributed by atoms with Crippen molar-refractivity contribution in [3.8, 4) is 11.8 Å². The molecule has 3 aromatic rings. The SMILES string of the molecule is N#Cc1c(CCCNC(=O)C2CCCN2C(=O)c2ccccc2)nn(-c2ccc(F)cc2)c1N. The van der Waals surface area contributed by atoms with E-state index >= 15 is 0 Å². The van der Waals surface area contributed by atoms with Crippen LogP contribution >= 0.6 is 0 Å². The van der Waals surface area contributed by atoms with Gasteiger partial charge in [-0.2, -0.15) is 10.4 Å². The van der Waals surface area contributed by atoms with Crippen LogP contribution in [0.25, 0.3) is 5.69 Å². The number of rotatable bonds is 7. The second kappa shape index (κ2) is 10.2. The van der Waals surface area contributed by atoms with Gasteiger partial charge in [-0.1, -0.05) is 18.2 Å². The molecule has 4 rings (SSSR count). The highest BCUT2D eigenvalue weighted by Gasteiger charge is 2.34. The number of hydrogen-bond acceptors (Lipinski definition) is 5. The number of nitrogens with two attached hydrogens (primary N) is 1. The van der Waals surface area contributed by atoms with Gasteiger partial charge in [0.2, 0.25) is 5.91 Å². The Kier molecular flexibility index (Phi) is 6.87. The van der Waals surface area contributed by atoms with Gasteiger partial charge in [-0.15, -0.1) is 0 Å². The van der Waals surface area contributed by atoms with Crippen molar-refractivity contribution in [1.29, 1.82) is 5.26 Å². The molecule has 9 heteroatoms. The molecule has 34 heavy (non-hydrogen) atoms. The fourth-order valence-corrected chi connectivity index (χ4v) is 4.17. The summed E-state index contributed by atoms with van der Waals surface area (Å²) in [6.07, 6.45) is 2.38. The molecule has 0 bridgehead atoms. The lowest BCUT2D eigenvalue weighted by Crippen LogP contribution is -2.46. The summed E-state index contributed by atoms with van der Waals surface area (Å²) in [4.78, 5) is 27.2. The maximum absolute atomic E-state index is 13.2. The Morgan fingerprint density at radius 1 is 1.18 bits per heavy atom.